The molecule has 0 rings (SSSR count). The molecule has 0 fully saturated rings. The minimum Gasteiger partial charge on any atom is -0.381 e. The van der Waals surface area contributed by atoms with Gasteiger partial charge in [0.2, 0.25) is 0 Å². The summed E-state index contributed by atoms with van der Waals surface area (Å²) < 4.78 is 4.79. The maximum Gasteiger partial charge on any atom is 0.0647 e. The molecule has 0 aromatic carbocycles. The Morgan fingerprint density at radius 3 is 2.70 bits per heavy atom. The Morgan fingerprint density at radius 2 is 2.20 bits per heavy atom. The van der Waals surface area contributed by atoms with Crippen LogP contribution in [0.15, 0.2) is 17.3 Å². The number of hydrogen-bond donors (Lipinski definition) is 0. The summed E-state index contributed by atoms with van der Waals surface area (Å²) in [5.41, 5.74) is 0. The first kappa shape index (κ1) is 9.17. The van der Waals surface area contributed by atoms with Crippen molar-refractivity contribution in [1.29, 1.82) is 0 Å². The molecule has 58 valence electrons. The molecular weight excluding hydrogens is 128 g/mol. The molecule has 0 amide bonds. The van der Waals surface area contributed by atoms with Crippen molar-refractivity contribution in [2.75, 3.05) is 27.8 Å². The highest BCUT2D eigenvalue weighted by Gasteiger charge is 1.72. The molecule has 0 aromatic rings. The highest BCUT2D eigenvalue weighted by atomic mass is 16.5. The zero-order valence-electron chi connectivity index (χ0n) is 6.74. The van der Waals surface area contributed by atoms with Crippen LogP contribution in [0.5, 0.6) is 0 Å². The number of hydrogen-bond acceptors (Lipinski definition) is 3. The molecule has 0 saturated carbocycles. The zero-order valence-corrected chi connectivity index (χ0v) is 6.74. The first-order valence-electron chi connectivity index (χ1n) is 3.12. The average Bonchev–Trinajstić information content (AvgIpc) is 1.87. The van der Waals surface area contributed by atoms with Crippen LogP contribution in [0.4, 0.5) is 0 Å². The summed E-state index contributed by atoms with van der Waals surface area (Å²) in [7, 11) is 5.41. The van der Waals surface area contributed by atoms with E-state index in [1.54, 1.807) is 18.3 Å². The number of rotatable bonds is 4. The summed E-state index contributed by atoms with van der Waals surface area (Å²) >= 11 is 0. The van der Waals surface area contributed by atoms with Gasteiger partial charge in [-0.25, -0.2) is 0 Å². The van der Waals surface area contributed by atoms with Gasteiger partial charge in [0.15, 0.2) is 0 Å². The minimum absolute atomic E-state index is 0.638. The third kappa shape index (κ3) is 7.17. The molecule has 0 bridgehead atoms. The number of allylic oxidation sites excluding steroid dienone is 1. The van der Waals surface area contributed by atoms with E-state index in [-0.39, 0.29) is 0 Å². The predicted molar refractivity (Wildman–Crippen MR) is 43.2 cm³/mol. The fourth-order valence-corrected chi connectivity index (χ4v) is 0.384. The van der Waals surface area contributed by atoms with E-state index in [4.69, 9.17) is 4.74 Å². The fourth-order valence-electron chi connectivity index (χ4n) is 0.384. The monoisotopic (exact) mass is 142 g/mol. The molecule has 0 saturated heterocycles. The lowest BCUT2D eigenvalue weighted by Gasteiger charge is -1.99. The number of hydrazone groups is 1. The van der Waals surface area contributed by atoms with Crippen LogP contribution in [0.1, 0.15) is 0 Å². The molecule has 0 atom stereocenters. The first-order valence-corrected chi connectivity index (χ1v) is 3.12. The van der Waals surface area contributed by atoms with Gasteiger partial charge in [0, 0.05) is 27.4 Å². The van der Waals surface area contributed by atoms with E-state index < -0.39 is 0 Å². The molecule has 3 nitrogen and oxygen atoms in total. The van der Waals surface area contributed by atoms with Crippen LogP contribution < -0.4 is 0 Å². The molecule has 0 aliphatic carbocycles. The van der Waals surface area contributed by atoms with Gasteiger partial charge in [0.1, 0.15) is 0 Å². The van der Waals surface area contributed by atoms with Crippen molar-refractivity contribution in [3.63, 3.8) is 0 Å². The highest BCUT2D eigenvalue weighted by molar-refractivity contribution is 5.70. The van der Waals surface area contributed by atoms with E-state index >= 15 is 0 Å². The third-order valence-electron chi connectivity index (χ3n) is 0.783. The Kier molecular flexibility index (Phi) is 5.77. The normalized spacial score (nSPS) is 11.5. The van der Waals surface area contributed by atoms with Gasteiger partial charge in [0.25, 0.3) is 0 Å². The topological polar surface area (TPSA) is 24.8 Å². The van der Waals surface area contributed by atoms with Gasteiger partial charge < -0.3 is 9.75 Å². The Labute approximate surface area is 62.0 Å². The zero-order chi connectivity index (χ0) is 7.82. The van der Waals surface area contributed by atoms with Gasteiger partial charge in [0.05, 0.1) is 6.61 Å². The molecular formula is C7H14N2O. The quantitative estimate of drug-likeness (QED) is 0.427. The van der Waals surface area contributed by atoms with Crippen molar-refractivity contribution in [3.8, 4) is 0 Å². The van der Waals surface area contributed by atoms with Crippen molar-refractivity contribution in [1.82, 2.24) is 5.01 Å². The van der Waals surface area contributed by atoms with E-state index in [0.29, 0.717) is 6.61 Å². The van der Waals surface area contributed by atoms with Crippen LogP contribution >= 0.6 is 0 Å². The van der Waals surface area contributed by atoms with Gasteiger partial charge in [-0.05, 0) is 6.08 Å². The van der Waals surface area contributed by atoms with Crippen LogP contribution in [0.3, 0.4) is 0 Å². The minimum atomic E-state index is 0.638. The van der Waals surface area contributed by atoms with Crippen LogP contribution in [0.2, 0.25) is 0 Å². The highest BCUT2D eigenvalue weighted by Crippen LogP contribution is 1.74. The van der Waals surface area contributed by atoms with Crippen molar-refractivity contribution >= 4 is 6.21 Å². The Hall–Kier alpha value is -0.830. The standard InChI is InChI=1S/C7H14N2O/c1-9(2)8-6-4-5-7-10-3/h4-6H,7H2,1-3H3. The Balaban J connectivity index is 3.32. The molecule has 0 heterocycles. The van der Waals surface area contributed by atoms with Crippen molar-refractivity contribution < 1.29 is 4.74 Å². The molecule has 10 heavy (non-hydrogen) atoms. The molecule has 0 spiro atoms. The Morgan fingerprint density at radius 1 is 1.50 bits per heavy atom. The first-order chi connectivity index (χ1) is 4.77. The SMILES string of the molecule is COCC=CC=NN(C)C. The molecule has 0 aliphatic heterocycles. The van der Waals surface area contributed by atoms with Crippen molar-refractivity contribution in [3.05, 3.63) is 12.2 Å². The van der Waals surface area contributed by atoms with Gasteiger partial charge in [-0.2, -0.15) is 5.10 Å². The van der Waals surface area contributed by atoms with Crippen molar-refractivity contribution in [2.45, 2.75) is 0 Å². The van der Waals surface area contributed by atoms with Crippen LogP contribution in [-0.2, 0) is 4.74 Å². The van der Waals surface area contributed by atoms with Gasteiger partial charge in [-0.3, -0.25) is 0 Å². The van der Waals surface area contributed by atoms with Gasteiger partial charge in [-0.1, -0.05) is 6.08 Å². The number of nitrogens with zero attached hydrogens (tertiary/aromatic N) is 2. The number of methoxy groups -OCH3 is 1. The van der Waals surface area contributed by atoms with E-state index in [0.717, 1.165) is 0 Å². The summed E-state index contributed by atoms with van der Waals surface area (Å²) in [6.07, 6.45) is 5.47. The summed E-state index contributed by atoms with van der Waals surface area (Å²) in [4.78, 5) is 0. The van der Waals surface area contributed by atoms with Crippen LogP contribution in [0.25, 0.3) is 0 Å². The second kappa shape index (κ2) is 6.29. The maximum absolute atomic E-state index is 4.79. The lowest BCUT2D eigenvalue weighted by Crippen LogP contribution is -2.00. The number of ether oxygens (including phenoxy) is 1. The van der Waals surface area contributed by atoms with E-state index in [2.05, 4.69) is 5.10 Å². The maximum atomic E-state index is 4.79. The average molecular weight is 142 g/mol. The molecule has 0 radical (unpaired) electrons. The molecule has 3 heteroatoms. The molecule has 0 N–H and O–H groups in total. The molecule has 0 aliphatic rings. The van der Waals surface area contributed by atoms with Gasteiger partial charge in [-0.15, -0.1) is 0 Å². The largest absolute Gasteiger partial charge is 0.381 e. The second-order valence-corrected chi connectivity index (χ2v) is 2.00. The Bertz CT molecular complexity index is 119. The summed E-state index contributed by atoms with van der Waals surface area (Å²) in [5.74, 6) is 0. The van der Waals surface area contributed by atoms with Crippen LogP contribution in [-0.4, -0.2) is 39.0 Å². The summed E-state index contributed by atoms with van der Waals surface area (Å²) in [6.45, 7) is 0.638. The van der Waals surface area contributed by atoms with E-state index in [1.807, 2.05) is 26.2 Å². The van der Waals surface area contributed by atoms with E-state index in [1.165, 1.54) is 0 Å². The smallest absolute Gasteiger partial charge is 0.0647 e. The summed E-state index contributed by atoms with van der Waals surface area (Å²) in [5, 5.41) is 5.70. The van der Waals surface area contributed by atoms with Crippen molar-refractivity contribution in [2.24, 2.45) is 5.10 Å². The van der Waals surface area contributed by atoms with Gasteiger partial charge >= 0.3 is 0 Å². The molecule has 0 unspecified atom stereocenters. The fraction of sp³-hybridized carbons (Fsp3) is 0.571. The molecule has 0 aromatic heterocycles. The lowest BCUT2D eigenvalue weighted by molar-refractivity contribution is 0.234. The third-order valence-corrected chi connectivity index (χ3v) is 0.783. The van der Waals surface area contributed by atoms with E-state index in [9.17, 15) is 0 Å². The lowest BCUT2D eigenvalue weighted by atomic mass is 10.5. The van der Waals surface area contributed by atoms with Crippen LogP contribution in [0, 0.1) is 0 Å². The second-order valence-electron chi connectivity index (χ2n) is 2.00. The predicted octanol–water partition coefficient (Wildman–Crippen LogP) is 0.736. The summed E-state index contributed by atoms with van der Waals surface area (Å²) in [6, 6.07) is 0.